The van der Waals surface area contributed by atoms with Crippen molar-refractivity contribution >= 4 is 46.7 Å². The molecule has 0 spiro atoms. The average Bonchev–Trinajstić information content (AvgIpc) is 2.81. The summed E-state index contributed by atoms with van der Waals surface area (Å²) in [5.41, 5.74) is 2.52. The second-order valence-corrected chi connectivity index (χ2v) is 7.51. The molecule has 4 N–H and O–H groups in total. The third kappa shape index (κ3) is 7.15. The topological polar surface area (TPSA) is 121 Å². The molecule has 3 rings (SSSR count). The first kappa shape index (κ1) is 23.9. The van der Waals surface area contributed by atoms with Crippen LogP contribution in [-0.2, 0) is 0 Å². The van der Waals surface area contributed by atoms with Crippen LogP contribution in [-0.4, -0.2) is 39.9 Å². The Morgan fingerprint density at radius 1 is 0.697 bits per heavy atom. The lowest BCUT2D eigenvalue weighted by Crippen LogP contribution is -2.23. The Balaban J connectivity index is 1.66. The summed E-state index contributed by atoms with van der Waals surface area (Å²) in [4.78, 5) is 36.6. The van der Waals surface area contributed by atoms with Crippen molar-refractivity contribution in [1.82, 2.24) is 25.6 Å². The Bertz CT molecular complexity index is 1010. The molecule has 0 unspecified atom stereocenters. The first-order valence-electron chi connectivity index (χ1n) is 10.7. The van der Waals surface area contributed by atoms with Gasteiger partial charge in [-0.2, -0.15) is 15.0 Å². The fraction of sp³-hybridized carbons (Fsp3) is 0.261. The lowest BCUT2D eigenvalue weighted by Gasteiger charge is -2.10. The molecule has 0 saturated heterocycles. The van der Waals surface area contributed by atoms with Crippen LogP contribution in [0.15, 0.2) is 48.5 Å². The van der Waals surface area contributed by atoms with Gasteiger partial charge in [-0.05, 0) is 73.0 Å². The van der Waals surface area contributed by atoms with E-state index in [1.54, 1.807) is 48.5 Å². The van der Waals surface area contributed by atoms with Crippen LogP contribution in [0.2, 0.25) is 5.28 Å². The molecule has 0 radical (unpaired) electrons. The van der Waals surface area contributed by atoms with Crippen molar-refractivity contribution < 1.29 is 9.59 Å². The number of nitrogens with zero attached hydrogens (tertiary/aromatic N) is 3. The van der Waals surface area contributed by atoms with E-state index in [1.165, 1.54) is 0 Å². The fourth-order valence-corrected chi connectivity index (χ4v) is 2.97. The minimum atomic E-state index is -0.119. The molecule has 9 nitrogen and oxygen atoms in total. The summed E-state index contributed by atoms with van der Waals surface area (Å²) >= 11 is 6.06. The van der Waals surface area contributed by atoms with Gasteiger partial charge in [-0.1, -0.05) is 13.8 Å². The van der Waals surface area contributed by atoms with Crippen LogP contribution < -0.4 is 21.3 Å². The third-order valence-electron chi connectivity index (χ3n) is 4.49. The van der Waals surface area contributed by atoms with Crippen molar-refractivity contribution in [2.75, 3.05) is 23.7 Å². The largest absolute Gasteiger partial charge is 0.352 e. The zero-order chi connectivity index (χ0) is 23.6. The predicted molar refractivity (Wildman–Crippen MR) is 130 cm³/mol. The van der Waals surface area contributed by atoms with Crippen LogP contribution in [0.3, 0.4) is 0 Å². The molecule has 3 aromatic rings. The highest BCUT2D eigenvalue weighted by Crippen LogP contribution is 2.19. The fourth-order valence-electron chi connectivity index (χ4n) is 2.81. The van der Waals surface area contributed by atoms with E-state index in [0.29, 0.717) is 35.6 Å². The van der Waals surface area contributed by atoms with Gasteiger partial charge in [-0.25, -0.2) is 0 Å². The van der Waals surface area contributed by atoms with Gasteiger partial charge in [0.15, 0.2) is 0 Å². The van der Waals surface area contributed by atoms with Crippen LogP contribution in [0.1, 0.15) is 47.4 Å². The second-order valence-electron chi connectivity index (χ2n) is 7.17. The number of amides is 2. The smallest absolute Gasteiger partial charge is 0.251 e. The van der Waals surface area contributed by atoms with Crippen molar-refractivity contribution in [2.45, 2.75) is 26.7 Å². The molecular weight excluding hydrogens is 442 g/mol. The van der Waals surface area contributed by atoms with Crippen molar-refractivity contribution in [3.8, 4) is 0 Å². The number of benzene rings is 2. The van der Waals surface area contributed by atoms with E-state index >= 15 is 0 Å². The second kappa shape index (κ2) is 11.8. The summed E-state index contributed by atoms with van der Waals surface area (Å²) in [6.07, 6.45) is 1.75. The Morgan fingerprint density at radius 3 is 1.45 bits per heavy atom. The van der Waals surface area contributed by atoms with E-state index in [1.807, 2.05) is 13.8 Å². The first-order chi connectivity index (χ1) is 16.0. The summed E-state index contributed by atoms with van der Waals surface area (Å²) in [6, 6.07) is 13.9. The quantitative estimate of drug-likeness (QED) is 0.351. The highest BCUT2D eigenvalue weighted by atomic mass is 35.5. The van der Waals surface area contributed by atoms with E-state index in [2.05, 4.69) is 36.2 Å². The van der Waals surface area contributed by atoms with Crippen LogP contribution in [0.25, 0.3) is 0 Å². The van der Waals surface area contributed by atoms with Gasteiger partial charge in [0.25, 0.3) is 11.8 Å². The van der Waals surface area contributed by atoms with Crippen LogP contribution in [0, 0.1) is 0 Å². The molecule has 0 bridgehead atoms. The van der Waals surface area contributed by atoms with Crippen LogP contribution in [0.5, 0.6) is 0 Å². The summed E-state index contributed by atoms with van der Waals surface area (Å²) in [6.45, 7) is 5.26. The average molecular weight is 468 g/mol. The van der Waals surface area contributed by atoms with E-state index in [0.717, 1.165) is 12.8 Å². The van der Waals surface area contributed by atoms with Crippen molar-refractivity contribution in [3.05, 3.63) is 64.9 Å². The van der Waals surface area contributed by atoms with Gasteiger partial charge in [0.1, 0.15) is 0 Å². The van der Waals surface area contributed by atoms with Crippen LogP contribution in [0.4, 0.5) is 23.3 Å². The Labute approximate surface area is 197 Å². The Morgan fingerprint density at radius 2 is 1.09 bits per heavy atom. The monoisotopic (exact) mass is 467 g/mol. The Kier molecular flexibility index (Phi) is 8.54. The number of carbonyl (C=O) groups excluding carboxylic acids is 2. The molecule has 0 aliphatic heterocycles. The van der Waals surface area contributed by atoms with Gasteiger partial charge < -0.3 is 21.3 Å². The molecule has 10 heteroatoms. The highest BCUT2D eigenvalue weighted by molar-refractivity contribution is 6.28. The van der Waals surface area contributed by atoms with Crippen LogP contribution >= 0.6 is 11.6 Å². The summed E-state index contributed by atoms with van der Waals surface area (Å²) in [5, 5.41) is 11.8. The van der Waals surface area contributed by atoms with E-state index in [9.17, 15) is 9.59 Å². The lowest BCUT2D eigenvalue weighted by molar-refractivity contribution is 0.0945. The molecule has 0 fully saturated rings. The van der Waals surface area contributed by atoms with Gasteiger partial charge in [-0.15, -0.1) is 0 Å². The van der Waals surface area contributed by atoms with Gasteiger partial charge in [-0.3, -0.25) is 9.59 Å². The van der Waals surface area contributed by atoms with Crippen molar-refractivity contribution in [2.24, 2.45) is 0 Å². The molecule has 0 saturated carbocycles. The Hall–Kier alpha value is -3.72. The first-order valence-corrected chi connectivity index (χ1v) is 11.1. The van der Waals surface area contributed by atoms with Crippen molar-refractivity contribution in [3.63, 3.8) is 0 Å². The third-order valence-corrected chi connectivity index (χ3v) is 4.65. The number of halogens is 1. The number of aromatic nitrogens is 3. The number of carbonyl (C=O) groups is 2. The minimum absolute atomic E-state index is 0.0149. The zero-order valence-electron chi connectivity index (χ0n) is 18.5. The number of hydrogen-bond acceptors (Lipinski definition) is 7. The number of hydrogen-bond donors (Lipinski definition) is 4. The van der Waals surface area contributed by atoms with E-state index in [4.69, 9.17) is 11.6 Å². The summed E-state index contributed by atoms with van der Waals surface area (Å²) in [7, 11) is 0. The maximum atomic E-state index is 12.0. The molecule has 0 aliphatic carbocycles. The van der Waals surface area contributed by atoms with E-state index < -0.39 is 0 Å². The molecular formula is C23H26ClN7O2. The summed E-state index contributed by atoms with van der Waals surface area (Å²) in [5.74, 6) is 0.256. The standard InChI is InChI=1S/C23H26ClN7O2/c1-3-13-25-19(32)15-5-9-17(10-6-15)27-22-29-21(24)30-23(31-22)28-18-11-7-16(8-12-18)20(33)26-14-4-2/h5-12H,3-4,13-14H2,1-2H3,(H,25,32)(H,26,33)(H2,27,28,29,30,31). The van der Waals surface area contributed by atoms with Gasteiger partial charge >= 0.3 is 0 Å². The number of nitrogens with one attached hydrogen (secondary N) is 4. The molecule has 33 heavy (non-hydrogen) atoms. The maximum absolute atomic E-state index is 12.0. The molecule has 1 heterocycles. The molecule has 2 amide bonds. The maximum Gasteiger partial charge on any atom is 0.251 e. The van der Waals surface area contributed by atoms with Crippen molar-refractivity contribution in [1.29, 1.82) is 0 Å². The lowest BCUT2D eigenvalue weighted by atomic mass is 10.2. The minimum Gasteiger partial charge on any atom is -0.352 e. The van der Waals surface area contributed by atoms with Gasteiger partial charge in [0.2, 0.25) is 17.2 Å². The van der Waals surface area contributed by atoms with Gasteiger partial charge in [0, 0.05) is 35.6 Å². The normalized spacial score (nSPS) is 10.4. The number of anilines is 4. The van der Waals surface area contributed by atoms with E-state index in [-0.39, 0.29) is 29.0 Å². The molecule has 172 valence electrons. The predicted octanol–water partition coefficient (Wildman–Crippen LogP) is 4.29. The summed E-state index contributed by atoms with van der Waals surface area (Å²) < 4.78 is 0. The molecule has 0 atom stereocenters. The van der Waals surface area contributed by atoms with Gasteiger partial charge in [0.05, 0.1) is 0 Å². The zero-order valence-corrected chi connectivity index (χ0v) is 19.2. The molecule has 2 aromatic carbocycles. The highest BCUT2D eigenvalue weighted by Gasteiger charge is 2.09. The molecule has 0 aliphatic rings. The molecule has 1 aromatic heterocycles. The number of rotatable bonds is 10. The SMILES string of the molecule is CCCNC(=O)c1ccc(Nc2nc(Cl)nc(Nc3ccc(C(=O)NCCC)cc3)n2)cc1.